The zero-order valence-electron chi connectivity index (χ0n) is 12.6. The Morgan fingerprint density at radius 2 is 2.05 bits per heavy atom. The fourth-order valence-corrected chi connectivity index (χ4v) is 1.84. The molecule has 0 aliphatic carbocycles. The number of amides is 1. The van der Waals surface area contributed by atoms with Gasteiger partial charge in [-0.05, 0) is 31.0 Å². The summed E-state index contributed by atoms with van der Waals surface area (Å²) in [6.45, 7) is 5.33. The molecule has 1 aromatic rings. The van der Waals surface area contributed by atoms with E-state index in [1.54, 1.807) is 6.92 Å². The van der Waals surface area contributed by atoms with E-state index < -0.39 is 23.2 Å². The summed E-state index contributed by atoms with van der Waals surface area (Å²) in [6.07, 6.45) is -0.200. The third-order valence-corrected chi connectivity index (χ3v) is 3.61. The second-order valence-electron chi connectivity index (χ2n) is 5.45. The van der Waals surface area contributed by atoms with Crippen molar-refractivity contribution in [1.29, 1.82) is 0 Å². The van der Waals surface area contributed by atoms with Crippen LogP contribution in [0.4, 0.5) is 4.39 Å². The first-order chi connectivity index (χ1) is 9.69. The van der Waals surface area contributed by atoms with E-state index in [-0.39, 0.29) is 23.7 Å². The normalized spacial score (nSPS) is 13.6. The summed E-state index contributed by atoms with van der Waals surface area (Å²) in [5, 5.41) is 11.7. The lowest BCUT2D eigenvalue weighted by atomic mass is 9.85. The molecule has 0 aromatic heterocycles. The average molecular weight is 297 g/mol. The Hall–Kier alpha value is -2.11. The Kier molecular flexibility index (Phi) is 5.29. The van der Waals surface area contributed by atoms with Gasteiger partial charge in [0.05, 0.1) is 19.1 Å². The average Bonchev–Trinajstić information content (AvgIpc) is 2.37. The molecule has 0 saturated heterocycles. The smallest absolute Gasteiger partial charge is 0.305 e. The second-order valence-corrected chi connectivity index (χ2v) is 5.45. The van der Waals surface area contributed by atoms with E-state index in [1.165, 1.54) is 19.2 Å². The number of carboxylic acid groups (broad SMARTS) is 1. The first kappa shape index (κ1) is 16.9. The fourth-order valence-electron chi connectivity index (χ4n) is 1.84. The molecular weight excluding hydrogens is 277 g/mol. The van der Waals surface area contributed by atoms with Gasteiger partial charge < -0.3 is 15.2 Å². The van der Waals surface area contributed by atoms with Crippen molar-refractivity contribution in [2.45, 2.75) is 32.7 Å². The van der Waals surface area contributed by atoms with Gasteiger partial charge in [0, 0.05) is 5.56 Å². The molecule has 0 saturated carbocycles. The van der Waals surface area contributed by atoms with E-state index in [0.29, 0.717) is 0 Å². The molecular formula is C15H20FNO4. The number of benzene rings is 1. The molecule has 0 aliphatic heterocycles. The van der Waals surface area contributed by atoms with Gasteiger partial charge >= 0.3 is 5.97 Å². The monoisotopic (exact) mass is 297 g/mol. The molecule has 0 aliphatic rings. The van der Waals surface area contributed by atoms with E-state index in [2.05, 4.69) is 5.32 Å². The number of carbonyl (C=O) groups excluding carboxylic acids is 1. The zero-order chi connectivity index (χ0) is 16.2. The first-order valence-electron chi connectivity index (χ1n) is 6.57. The molecule has 0 radical (unpaired) electrons. The van der Waals surface area contributed by atoms with Crippen LogP contribution >= 0.6 is 0 Å². The molecule has 1 rings (SSSR count). The quantitative estimate of drug-likeness (QED) is 0.845. The van der Waals surface area contributed by atoms with Crippen LogP contribution in [0.25, 0.3) is 0 Å². The molecule has 1 amide bonds. The summed E-state index contributed by atoms with van der Waals surface area (Å²) in [5.41, 5.74) is -0.685. The van der Waals surface area contributed by atoms with E-state index in [0.717, 1.165) is 6.07 Å². The molecule has 0 bridgehead atoms. The molecule has 1 unspecified atom stereocenters. The Balaban J connectivity index is 3.00. The summed E-state index contributed by atoms with van der Waals surface area (Å²) in [5.74, 6) is -2.15. The maximum absolute atomic E-state index is 13.3. The van der Waals surface area contributed by atoms with Crippen LogP contribution in [-0.4, -0.2) is 29.6 Å². The molecule has 1 aromatic carbocycles. The standard InChI is InChI=1S/C15H20FNO4/c1-9(2)15(3,8-13(18)19)17-14(20)10-5-6-11(16)12(7-10)21-4/h5-7,9H,8H2,1-4H3,(H,17,20)(H,18,19). The third kappa shape index (κ3) is 4.18. The highest BCUT2D eigenvalue weighted by molar-refractivity contribution is 5.95. The summed E-state index contributed by atoms with van der Waals surface area (Å²) < 4.78 is 18.2. The van der Waals surface area contributed by atoms with Crippen molar-refractivity contribution < 1.29 is 23.8 Å². The highest BCUT2D eigenvalue weighted by atomic mass is 19.1. The van der Waals surface area contributed by atoms with E-state index in [1.807, 2.05) is 13.8 Å². The fraction of sp³-hybridized carbons (Fsp3) is 0.467. The minimum absolute atomic E-state index is 0.0351. The van der Waals surface area contributed by atoms with Gasteiger partial charge in [-0.2, -0.15) is 0 Å². The third-order valence-electron chi connectivity index (χ3n) is 3.61. The molecule has 0 fully saturated rings. The van der Waals surface area contributed by atoms with E-state index in [9.17, 15) is 14.0 Å². The van der Waals surface area contributed by atoms with Gasteiger partial charge in [0.15, 0.2) is 11.6 Å². The lowest BCUT2D eigenvalue weighted by molar-refractivity contribution is -0.138. The minimum Gasteiger partial charge on any atom is -0.494 e. The lowest BCUT2D eigenvalue weighted by Gasteiger charge is -2.33. The van der Waals surface area contributed by atoms with E-state index >= 15 is 0 Å². The minimum atomic E-state index is -0.997. The number of nitrogens with one attached hydrogen (secondary N) is 1. The van der Waals surface area contributed by atoms with Crippen LogP contribution in [0.3, 0.4) is 0 Å². The number of hydrogen-bond donors (Lipinski definition) is 2. The zero-order valence-corrected chi connectivity index (χ0v) is 12.6. The first-order valence-corrected chi connectivity index (χ1v) is 6.57. The Morgan fingerprint density at radius 3 is 2.52 bits per heavy atom. The number of aliphatic carboxylic acids is 1. The number of halogens is 1. The van der Waals surface area contributed by atoms with Crippen LogP contribution < -0.4 is 10.1 Å². The highest BCUT2D eigenvalue weighted by Crippen LogP contribution is 2.23. The Bertz CT molecular complexity index is 544. The number of carbonyl (C=O) groups is 2. The van der Waals surface area contributed by atoms with Crippen LogP contribution in [-0.2, 0) is 4.79 Å². The summed E-state index contributed by atoms with van der Waals surface area (Å²) in [4.78, 5) is 23.2. The number of hydrogen-bond acceptors (Lipinski definition) is 3. The Labute approximate surface area is 123 Å². The van der Waals surface area contributed by atoms with Crippen molar-refractivity contribution in [1.82, 2.24) is 5.32 Å². The highest BCUT2D eigenvalue weighted by Gasteiger charge is 2.33. The molecule has 0 heterocycles. The summed E-state index contributed by atoms with van der Waals surface area (Å²) in [7, 11) is 1.31. The number of methoxy groups -OCH3 is 1. The Morgan fingerprint density at radius 1 is 1.43 bits per heavy atom. The molecule has 5 nitrogen and oxygen atoms in total. The van der Waals surface area contributed by atoms with Crippen LogP contribution in [0.2, 0.25) is 0 Å². The van der Waals surface area contributed by atoms with Gasteiger partial charge in [-0.15, -0.1) is 0 Å². The molecule has 21 heavy (non-hydrogen) atoms. The van der Waals surface area contributed by atoms with Crippen molar-refractivity contribution in [3.8, 4) is 5.75 Å². The van der Waals surface area contributed by atoms with Gasteiger partial charge in [-0.25, -0.2) is 4.39 Å². The molecule has 2 N–H and O–H groups in total. The second kappa shape index (κ2) is 6.56. The van der Waals surface area contributed by atoms with Crippen LogP contribution in [0.5, 0.6) is 5.75 Å². The van der Waals surface area contributed by atoms with Gasteiger partial charge in [-0.3, -0.25) is 9.59 Å². The SMILES string of the molecule is COc1cc(C(=O)NC(C)(CC(=O)O)C(C)C)ccc1F. The van der Waals surface area contributed by atoms with Crippen LogP contribution in [0, 0.1) is 11.7 Å². The van der Waals surface area contributed by atoms with Gasteiger partial charge in [-0.1, -0.05) is 13.8 Å². The summed E-state index contributed by atoms with van der Waals surface area (Å²) in [6, 6.07) is 3.75. The van der Waals surface area contributed by atoms with Crippen molar-refractivity contribution in [2.24, 2.45) is 5.92 Å². The molecule has 6 heteroatoms. The molecule has 1 atom stereocenters. The summed E-state index contributed by atoms with van der Waals surface area (Å²) >= 11 is 0. The maximum Gasteiger partial charge on any atom is 0.305 e. The van der Waals surface area contributed by atoms with Crippen molar-refractivity contribution >= 4 is 11.9 Å². The number of carboxylic acids is 1. The van der Waals surface area contributed by atoms with Crippen molar-refractivity contribution in [2.75, 3.05) is 7.11 Å². The lowest BCUT2D eigenvalue weighted by Crippen LogP contribution is -2.51. The topological polar surface area (TPSA) is 75.6 Å². The maximum atomic E-state index is 13.3. The molecule has 116 valence electrons. The molecule has 0 spiro atoms. The predicted molar refractivity (Wildman–Crippen MR) is 75.9 cm³/mol. The largest absolute Gasteiger partial charge is 0.494 e. The predicted octanol–water partition coefficient (Wildman–Crippen LogP) is 2.45. The number of rotatable bonds is 6. The van der Waals surface area contributed by atoms with Gasteiger partial charge in [0.2, 0.25) is 0 Å². The van der Waals surface area contributed by atoms with Crippen molar-refractivity contribution in [3.63, 3.8) is 0 Å². The van der Waals surface area contributed by atoms with E-state index in [4.69, 9.17) is 9.84 Å². The van der Waals surface area contributed by atoms with Crippen LogP contribution in [0.1, 0.15) is 37.6 Å². The van der Waals surface area contributed by atoms with Crippen molar-refractivity contribution in [3.05, 3.63) is 29.6 Å². The number of ether oxygens (including phenoxy) is 1. The van der Waals surface area contributed by atoms with Gasteiger partial charge in [0.1, 0.15) is 0 Å². The van der Waals surface area contributed by atoms with Crippen LogP contribution in [0.15, 0.2) is 18.2 Å². The van der Waals surface area contributed by atoms with Gasteiger partial charge in [0.25, 0.3) is 5.91 Å².